The number of nitrogens with zero attached hydrogens (tertiary/aromatic N) is 4. The van der Waals surface area contributed by atoms with Crippen LogP contribution in [0.2, 0.25) is 0 Å². The van der Waals surface area contributed by atoms with Crippen molar-refractivity contribution in [1.82, 2.24) is 14.9 Å². The van der Waals surface area contributed by atoms with Crippen LogP contribution in [0, 0.1) is 13.8 Å². The van der Waals surface area contributed by atoms with E-state index in [4.69, 9.17) is 17.2 Å². The zero-order valence-corrected chi connectivity index (χ0v) is 22.9. The molecule has 0 bridgehead atoms. The number of hydrogen-bond donors (Lipinski definition) is 1. The van der Waals surface area contributed by atoms with Crippen molar-refractivity contribution >= 4 is 39.5 Å². The number of hydrogen-bond acceptors (Lipinski definition) is 3. The fourth-order valence-electron chi connectivity index (χ4n) is 5.72. The average molecular weight is 518 g/mol. The summed E-state index contributed by atoms with van der Waals surface area (Å²) < 4.78 is 2.38. The Bertz CT molecular complexity index is 1620. The topological polar surface area (TPSA) is 36.3 Å². The third-order valence-corrected chi connectivity index (χ3v) is 7.85. The van der Waals surface area contributed by atoms with Crippen LogP contribution in [0.1, 0.15) is 34.7 Å². The first-order valence-corrected chi connectivity index (χ1v) is 13.3. The Kier molecular flexibility index (Phi) is 6.12. The molecule has 0 spiro atoms. The van der Waals surface area contributed by atoms with Gasteiger partial charge in [0, 0.05) is 48.4 Å². The molecule has 5 aromatic rings. The molecule has 2 atom stereocenters. The van der Waals surface area contributed by atoms with Gasteiger partial charge in [0.25, 0.3) is 0 Å². The van der Waals surface area contributed by atoms with Crippen molar-refractivity contribution in [2.24, 2.45) is 0 Å². The van der Waals surface area contributed by atoms with E-state index in [0.29, 0.717) is 5.11 Å². The molecule has 0 aliphatic carbocycles. The fraction of sp³-hybridized carbons (Fsp3) is 0.188. The van der Waals surface area contributed by atoms with Crippen LogP contribution in [-0.2, 0) is 0 Å². The minimum atomic E-state index is -0.0845. The predicted octanol–water partition coefficient (Wildman–Crippen LogP) is 6.89. The summed E-state index contributed by atoms with van der Waals surface area (Å²) in [5.74, 6) is 0. The molecule has 3 heterocycles. The van der Waals surface area contributed by atoms with E-state index >= 15 is 0 Å². The van der Waals surface area contributed by atoms with Crippen LogP contribution < -0.4 is 15.1 Å². The molecule has 1 saturated heterocycles. The standard InChI is InChI=1S/C32H31N5S/c1-21-20-27(22(2)36(21)29-14-9-11-23-10-5-6-12-26(23)29)31-30(28-13-7-8-19-33-28)34-32(38)37(31)25-17-15-24(16-18-25)35(3)4/h5-20,30-31H,1-4H3,(H,34,38). The van der Waals surface area contributed by atoms with Gasteiger partial charge in [-0.2, -0.15) is 0 Å². The minimum Gasteiger partial charge on any atom is -0.378 e. The molecule has 0 radical (unpaired) electrons. The molecule has 5 nitrogen and oxygen atoms in total. The highest BCUT2D eigenvalue weighted by molar-refractivity contribution is 7.80. The van der Waals surface area contributed by atoms with Crippen LogP contribution in [0.5, 0.6) is 0 Å². The van der Waals surface area contributed by atoms with Gasteiger partial charge in [-0.1, -0.05) is 42.5 Å². The molecule has 6 rings (SSSR count). The van der Waals surface area contributed by atoms with Gasteiger partial charge in [-0.25, -0.2) is 0 Å². The maximum absolute atomic E-state index is 5.97. The number of fused-ring (bicyclic) bond motifs is 1. The maximum atomic E-state index is 5.97. The van der Waals surface area contributed by atoms with E-state index < -0.39 is 0 Å². The molecule has 38 heavy (non-hydrogen) atoms. The van der Waals surface area contributed by atoms with Crippen molar-refractivity contribution in [3.05, 3.63) is 120 Å². The molecule has 3 aromatic carbocycles. The molecule has 2 unspecified atom stereocenters. The average Bonchev–Trinajstić information content (AvgIpc) is 3.43. The lowest BCUT2D eigenvalue weighted by atomic mass is 9.96. The number of aromatic nitrogens is 2. The maximum Gasteiger partial charge on any atom is 0.174 e. The Morgan fingerprint density at radius 3 is 2.34 bits per heavy atom. The Morgan fingerprint density at radius 1 is 0.868 bits per heavy atom. The zero-order chi connectivity index (χ0) is 26.4. The van der Waals surface area contributed by atoms with Gasteiger partial charge in [0.2, 0.25) is 0 Å². The molecular weight excluding hydrogens is 486 g/mol. The van der Waals surface area contributed by atoms with E-state index in [2.05, 4.69) is 126 Å². The van der Waals surface area contributed by atoms with E-state index in [1.807, 2.05) is 18.3 Å². The highest BCUT2D eigenvalue weighted by atomic mass is 32.1. The second kappa shape index (κ2) is 9.62. The van der Waals surface area contributed by atoms with Crippen LogP contribution >= 0.6 is 12.2 Å². The van der Waals surface area contributed by atoms with Crippen molar-refractivity contribution < 1.29 is 0 Å². The molecular formula is C32H31N5S. The van der Waals surface area contributed by atoms with E-state index in [0.717, 1.165) is 17.1 Å². The van der Waals surface area contributed by atoms with Gasteiger partial charge in [0.15, 0.2) is 5.11 Å². The number of thiocarbonyl (C=S) groups is 1. The van der Waals surface area contributed by atoms with Gasteiger partial charge in [0.05, 0.1) is 23.5 Å². The van der Waals surface area contributed by atoms with Gasteiger partial charge in [-0.15, -0.1) is 0 Å². The highest BCUT2D eigenvalue weighted by Gasteiger charge is 2.42. The Hall–Kier alpha value is -4.16. The van der Waals surface area contributed by atoms with Gasteiger partial charge >= 0.3 is 0 Å². The lowest BCUT2D eigenvalue weighted by Gasteiger charge is -2.28. The number of aryl methyl sites for hydroxylation is 1. The number of nitrogens with one attached hydrogen (secondary N) is 1. The molecule has 0 amide bonds. The van der Waals surface area contributed by atoms with Crippen molar-refractivity contribution in [2.75, 3.05) is 23.9 Å². The van der Waals surface area contributed by atoms with Crippen molar-refractivity contribution in [3.63, 3.8) is 0 Å². The molecule has 1 aliphatic rings. The number of anilines is 2. The van der Waals surface area contributed by atoms with Crippen LogP contribution in [-0.4, -0.2) is 28.8 Å². The van der Waals surface area contributed by atoms with Crippen LogP contribution in [0.25, 0.3) is 16.5 Å². The summed E-state index contributed by atoms with van der Waals surface area (Å²) in [5.41, 5.74) is 8.00. The summed E-state index contributed by atoms with van der Waals surface area (Å²) in [6.07, 6.45) is 1.85. The Labute approximate surface area is 229 Å². The fourth-order valence-corrected chi connectivity index (χ4v) is 6.07. The number of rotatable bonds is 5. The first-order valence-electron chi connectivity index (χ1n) is 12.9. The summed E-state index contributed by atoms with van der Waals surface area (Å²) in [6, 6.07) is 31.9. The second-order valence-corrected chi connectivity index (χ2v) is 10.5. The molecule has 1 N–H and O–H groups in total. The Balaban J connectivity index is 1.52. The normalized spacial score (nSPS) is 17.2. The summed E-state index contributed by atoms with van der Waals surface area (Å²) >= 11 is 5.97. The van der Waals surface area contributed by atoms with Crippen LogP contribution in [0.4, 0.5) is 11.4 Å². The molecule has 0 saturated carbocycles. The van der Waals surface area contributed by atoms with E-state index in [9.17, 15) is 0 Å². The van der Waals surface area contributed by atoms with Gasteiger partial charge in [0.1, 0.15) is 0 Å². The number of pyridine rings is 1. The second-order valence-electron chi connectivity index (χ2n) is 10.1. The number of benzene rings is 3. The van der Waals surface area contributed by atoms with Crippen LogP contribution in [0.3, 0.4) is 0 Å². The van der Waals surface area contributed by atoms with E-state index in [1.165, 1.54) is 33.4 Å². The van der Waals surface area contributed by atoms with E-state index in [-0.39, 0.29) is 12.1 Å². The molecule has 190 valence electrons. The summed E-state index contributed by atoms with van der Waals surface area (Å²) in [5, 5.41) is 6.78. The molecule has 6 heteroatoms. The van der Waals surface area contributed by atoms with Crippen molar-refractivity contribution in [1.29, 1.82) is 0 Å². The van der Waals surface area contributed by atoms with Crippen molar-refractivity contribution in [2.45, 2.75) is 25.9 Å². The summed E-state index contributed by atoms with van der Waals surface area (Å²) in [4.78, 5) is 9.09. The zero-order valence-electron chi connectivity index (χ0n) is 22.1. The third kappa shape index (κ3) is 4.02. The minimum absolute atomic E-state index is 0.0578. The first kappa shape index (κ1) is 24.2. The third-order valence-electron chi connectivity index (χ3n) is 7.54. The first-order chi connectivity index (χ1) is 18.4. The predicted molar refractivity (Wildman–Crippen MR) is 161 cm³/mol. The summed E-state index contributed by atoms with van der Waals surface area (Å²) in [6.45, 7) is 4.40. The largest absolute Gasteiger partial charge is 0.378 e. The van der Waals surface area contributed by atoms with Crippen LogP contribution in [0.15, 0.2) is 97.2 Å². The monoisotopic (exact) mass is 517 g/mol. The van der Waals surface area contributed by atoms with Gasteiger partial charge < -0.3 is 19.7 Å². The smallest absolute Gasteiger partial charge is 0.174 e. The molecule has 2 aromatic heterocycles. The highest BCUT2D eigenvalue weighted by Crippen LogP contribution is 2.44. The lowest BCUT2D eigenvalue weighted by molar-refractivity contribution is 0.565. The van der Waals surface area contributed by atoms with Gasteiger partial charge in [-0.05, 0) is 85.5 Å². The molecule has 1 aliphatic heterocycles. The Morgan fingerprint density at radius 2 is 1.61 bits per heavy atom. The summed E-state index contributed by atoms with van der Waals surface area (Å²) in [7, 11) is 4.11. The van der Waals surface area contributed by atoms with E-state index in [1.54, 1.807) is 0 Å². The lowest BCUT2D eigenvalue weighted by Crippen LogP contribution is -2.29. The van der Waals surface area contributed by atoms with Crippen molar-refractivity contribution in [3.8, 4) is 5.69 Å². The quantitative estimate of drug-likeness (QED) is 0.257. The SMILES string of the molecule is Cc1cc(C2C(c3ccccn3)NC(=S)N2c2ccc(N(C)C)cc2)c(C)n1-c1cccc2ccccc12. The van der Waals surface area contributed by atoms with Gasteiger partial charge in [-0.3, -0.25) is 4.98 Å². The molecule has 1 fully saturated rings.